The zero-order chi connectivity index (χ0) is 25.8. The van der Waals surface area contributed by atoms with E-state index in [-0.39, 0.29) is 37.1 Å². The number of aliphatic imine (C=N–C) groups is 1. The number of Topliss-reactive ketones (excluding diaryl/α,β-unsaturated/α-hetero) is 1. The molecule has 2 aliphatic rings. The number of ketones is 1. The number of carbonyl (C=O) groups is 2. The third kappa shape index (κ3) is 4.99. The van der Waals surface area contributed by atoms with E-state index < -0.39 is 17.8 Å². The van der Waals surface area contributed by atoms with Crippen molar-refractivity contribution in [3.8, 4) is 17.2 Å². The predicted molar refractivity (Wildman–Crippen MR) is 134 cm³/mol. The molecule has 190 valence electrons. The summed E-state index contributed by atoms with van der Waals surface area (Å²) in [5, 5.41) is 10.2. The Bertz CT molecular complexity index is 1220. The molecule has 0 saturated heterocycles. The van der Waals surface area contributed by atoms with Crippen LogP contribution in [0.4, 0.5) is 0 Å². The van der Waals surface area contributed by atoms with E-state index in [1.807, 2.05) is 24.3 Å². The van der Waals surface area contributed by atoms with Crippen molar-refractivity contribution in [2.45, 2.75) is 31.6 Å². The van der Waals surface area contributed by atoms with Gasteiger partial charge in [0.05, 0.1) is 20.8 Å². The molecular formula is C28H31NO7. The van der Waals surface area contributed by atoms with Gasteiger partial charge < -0.3 is 24.1 Å². The zero-order valence-corrected chi connectivity index (χ0v) is 20.9. The lowest BCUT2D eigenvalue weighted by Gasteiger charge is -2.36. The number of carbonyl (C=O) groups excluding carboxylic acids is 2. The average Bonchev–Trinajstić information content (AvgIpc) is 2.87. The summed E-state index contributed by atoms with van der Waals surface area (Å²) in [5.74, 6) is -0.730. The molecule has 0 amide bonds. The van der Waals surface area contributed by atoms with Crippen molar-refractivity contribution < 1.29 is 33.6 Å². The fraction of sp³-hybridized carbons (Fsp3) is 0.393. The number of phenols is 1. The minimum absolute atomic E-state index is 0.0628. The summed E-state index contributed by atoms with van der Waals surface area (Å²) in [6.07, 6.45) is 0.804. The van der Waals surface area contributed by atoms with Gasteiger partial charge in [-0.25, -0.2) is 0 Å². The molecule has 36 heavy (non-hydrogen) atoms. The first-order valence-corrected chi connectivity index (χ1v) is 11.9. The fourth-order valence-electron chi connectivity index (χ4n) is 5.10. The van der Waals surface area contributed by atoms with E-state index in [9.17, 15) is 14.7 Å². The van der Waals surface area contributed by atoms with E-state index in [2.05, 4.69) is 0 Å². The molecule has 2 aromatic rings. The molecule has 0 radical (unpaired) electrons. The molecule has 1 unspecified atom stereocenters. The number of hydrogen-bond acceptors (Lipinski definition) is 8. The SMILES string of the molecule is COCCOC(=O)C1C(C)=NC2=C(C(=O)C[C@H](c3ccc(OC)c(OC)c3)C2)[C@@H]1c1cccc(O)c1. The van der Waals surface area contributed by atoms with Crippen LogP contribution in [0.1, 0.15) is 42.7 Å². The van der Waals surface area contributed by atoms with Crippen LogP contribution >= 0.6 is 0 Å². The largest absolute Gasteiger partial charge is 0.508 e. The average molecular weight is 494 g/mol. The summed E-state index contributed by atoms with van der Waals surface area (Å²) in [4.78, 5) is 31.6. The topological polar surface area (TPSA) is 104 Å². The monoisotopic (exact) mass is 493 g/mol. The minimum Gasteiger partial charge on any atom is -0.508 e. The molecule has 1 heterocycles. The van der Waals surface area contributed by atoms with Crippen LogP contribution in [0.2, 0.25) is 0 Å². The van der Waals surface area contributed by atoms with Gasteiger partial charge in [0.2, 0.25) is 0 Å². The second kappa shape index (κ2) is 11.0. The van der Waals surface area contributed by atoms with Gasteiger partial charge in [-0.1, -0.05) is 18.2 Å². The van der Waals surface area contributed by atoms with Crippen LogP contribution < -0.4 is 9.47 Å². The Labute approximate surface area is 210 Å². The van der Waals surface area contributed by atoms with Crippen molar-refractivity contribution in [1.29, 1.82) is 0 Å². The summed E-state index contributed by atoms with van der Waals surface area (Å²) in [7, 11) is 4.69. The number of phenolic OH excluding ortho intramolecular Hbond substituents is 1. The number of hydrogen-bond donors (Lipinski definition) is 1. The normalized spacial score (nSPS) is 21.5. The minimum atomic E-state index is -0.774. The van der Waals surface area contributed by atoms with E-state index in [0.29, 0.717) is 40.5 Å². The Hall–Kier alpha value is -3.65. The molecule has 4 rings (SSSR count). The molecule has 0 aromatic heterocycles. The summed E-state index contributed by atoms with van der Waals surface area (Å²) < 4.78 is 21.3. The Kier molecular flexibility index (Phi) is 7.74. The van der Waals surface area contributed by atoms with Crippen molar-refractivity contribution in [2.75, 3.05) is 34.5 Å². The third-order valence-corrected chi connectivity index (χ3v) is 6.78. The van der Waals surface area contributed by atoms with E-state index in [0.717, 1.165) is 5.56 Å². The van der Waals surface area contributed by atoms with Crippen LogP contribution in [0.25, 0.3) is 0 Å². The maximum atomic E-state index is 13.7. The number of esters is 1. The lowest BCUT2D eigenvalue weighted by atomic mass is 9.69. The predicted octanol–water partition coefficient (Wildman–Crippen LogP) is 4.17. The van der Waals surface area contributed by atoms with Gasteiger partial charge in [-0.15, -0.1) is 0 Å². The van der Waals surface area contributed by atoms with Gasteiger partial charge in [-0.05, 0) is 54.7 Å². The molecule has 0 spiro atoms. The standard InChI is InChI=1S/C28H31NO7/c1-16-25(28(32)36-11-10-33-2)26(18-6-5-7-20(30)12-18)27-21(29-16)13-19(14-22(27)31)17-8-9-23(34-3)24(15-17)35-4/h5-9,12,15,19,25-26,30H,10-11,13-14H2,1-4H3/t19-,25?,26-/m1/s1. The molecule has 8 heteroatoms. The first-order chi connectivity index (χ1) is 17.4. The highest BCUT2D eigenvalue weighted by Gasteiger charge is 2.45. The smallest absolute Gasteiger partial charge is 0.315 e. The van der Waals surface area contributed by atoms with Crippen LogP contribution in [0.15, 0.2) is 58.7 Å². The van der Waals surface area contributed by atoms with E-state index in [1.165, 1.54) is 7.11 Å². The molecule has 1 aliphatic carbocycles. The first kappa shape index (κ1) is 25.4. The Morgan fingerprint density at radius 2 is 1.78 bits per heavy atom. The zero-order valence-electron chi connectivity index (χ0n) is 20.9. The van der Waals surface area contributed by atoms with E-state index >= 15 is 0 Å². The van der Waals surface area contributed by atoms with Gasteiger partial charge in [0.25, 0.3) is 0 Å². The first-order valence-electron chi connectivity index (χ1n) is 11.9. The van der Waals surface area contributed by atoms with Crippen LogP contribution in [0, 0.1) is 5.92 Å². The van der Waals surface area contributed by atoms with Crippen molar-refractivity contribution in [1.82, 2.24) is 0 Å². The second-order valence-corrected chi connectivity index (χ2v) is 8.97. The van der Waals surface area contributed by atoms with Crippen LogP contribution in [0.3, 0.4) is 0 Å². The third-order valence-electron chi connectivity index (χ3n) is 6.78. The van der Waals surface area contributed by atoms with Gasteiger partial charge in [-0.3, -0.25) is 14.6 Å². The Morgan fingerprint density at radius 1 is 1.00 bits per heavy atom. The van der Waals surface area contributed by atoms with Crippen molar-refractivity contribution >= 4 is 17.5 Å². The summed E-state index contributed by atoms with van der Waals surface area (Å²) in [6.45, 7) is 2.16. The number of benzene rings is 2. The van der Waals surface area contributed by atoms with Crippen LogP contribution in [0.5, 0.6) is 17.2 Å². The lowest BCUT2D eigenvalue weighted by Crippen LogP contribution is -2.38. The molecule has 0 saturated carbocycles. The van der Waals surface area contributed by atoms with E-state index in [1.54, 1.807) is 39.3 Å². The number of nitrogens with zero attached hydrogens (tertiary/aromatic N) is 1. The van der Waals surface area contributed by atoms with Crippen molar-refractivity contribution in [3.05, 3.63) is 64.9 Å². The number of ether oxygens (including phenoxy) is 4. The number of allylic oxidation sites excluding steroid dienone is 2. The maximum Gasteiger partial charge on any atom is 0.315 e. The molecule has 2 aromatic carbocycles. The number of rotatable bonds is 8. The van der Waals surface area contributed by atoms with Crippen molar-refractivity contribution in [2.24, 2.45) is 10.9 Å². The summed E-state index contributed by atoms with van der Waals surface area (Å²) >= 11 is 0. The van der Waals surface area contributed by atoms with Gasteiger partial charge in [-0.2, -0.15) is 0 Å². The highest BCUT2D eigenvalue weighted by molar-refractivity contribution is 6.09. The van der Waals surface area contributed by atoms with E-state index in [4.69, 9.17) is 23.9 Å². The molecule has 1 N–H and O–H groups in total. The Morgan fingerprint density at radius 3 is 2.47 bits per heavy atom. The molecule has 8 nitrogen and oxygen atoms in total. The maximum absolute atomic E-state index is 13.7. The molecule has 0 fully saturated rings. The molecule has 1 aliphatic heterocycles. The van der Waals surface area contributed by atoms with Gasteiger partial charge >= 0.3 is 5.97 Å². The second-order valence-electron chi connectivity index (χ2n) is 8.97. The summed E-state index contributed by atoms with van der Waals surface area (Å²) in [6, 6.07) is 12.3. The number of aromatic hydroxyl groups is 1. The molecule has 3 atom stereocenters. The number of methoxy groups -OCH3 is 3. The highest BCUT2D eigenvalue weighted by atomic mass is 16.6. The Balaban J connectivity index is 1.74. The quantitative estimate of drug-likeness (QED) is 0.435. The van der Waals surface area contributed by atoms with Gasteiger partial charge in [0.15, 0.2) is 17.3 Å². The van der Waals surface area contributed by atoms with Crippen LogP contribution in [-0.4, -0.2) is 57.1 Å². The van der Waals surface area contributed by atoms with Gasteiger partial charge in [0, 0.05) is 36.4 Å². The van der Waals surface area contributed by atoms with Crippen LogP contribution in [-0.2, 0) is 19.1 Å². The highest BCUT2D eigenvalue weighted by Crippen LogP contribution is 2.47. The van der Waals surface area contributed by atoms with Gasteiger partial charge in [0.1, 0.15) is 18.3 Å². The molecular weight excluding hydrogens is 462 g/mol. The molecule has 0 bridgehead atoms. The fourth-order valence-corrected chi connectivity index (χ4v) is 5.10. The summed E-state index contributed by atoms with van der Waals surface area (Å²) in [5.41, 5.74) is 3.37. The lowest BCUT2D eigenvalue weighted by molar-refractivity contribution is -0.147. The van der Waals surface area contributed by atoms with Crippen molar-refractivity contribution in [3.63, 3.8) is 0 Å².